The van der Waals surface area contributed by atoms with Crippen molar-refractivity contribution in [3.8, 4) is 0 Å². The summed E-state index contributed by atoms with van der Waals surface area (Å²) in [5.41, 5.74) is 1.62. The minimum absolute atomic E-state index is 0.0595. The number of nitrogens with one attached hydrogen (secondary N) is 1. The van der Waals surface area contributed by atoms with E-state index in [9.17, 15) is 4.79 Å². The summed E-state index contributed by atoms with van der Waals surface area (Å²) in [6.07, 6.45) is 1.33. The van der Waals surface area contributed by atoms with Crippen LogP contribution in [0, 0.1) is 0 Å². The Labute approximate surface area is 114 Å². The van der Waals surface area contributed by atoms with Gasteiger partial charge in [0.25, 0.3) is 0 Å². The van der Waals surface area contributed by atoms with E-state index in [1.807, 2.05) is 45.0 Å². The van der Waals surface area contributed by atoms with Gasteiger partial charge in [0.15, 0.2) is 0 Å². The zero-order valence-corrected chi connectivity index (χ0v) is 11.9. The van der Waals surface area contributed by atoms with Crippen LogP contribution in [0.3, 0.4) is 0 Å². The first-order valence-electron chi connectivity index (χ1n) is 6.56. The molecule has 0 spiro atoms. The second kappa shape index (κ2) is 7.14. The van der Waals surface area contributed by atoms with Crippen molar-refractivity contribution in [3.63, 3.8) is 0 Å². The molecule has 0 radical (unpaired) electrons. The lowest BCUT2D eigenvalue weighted by Gasteiger charge is -2.19. The Bertz CT molecular complexity index is 410. The number of carbonyl (C=O) groups excluding carboxylic acids is 1. The standard InChI is InChI=1S/C15H23NO3/c1-15(2,3)19-14(18)16-9-5-8-12-6-4-7-13(10-12)11-17/h4,6-7,10,17H,5,8-9,11H2,1-3H3,(H,16,18). The highest BCUT2D eigenvalue weighted by atomic mass is 16.6. The molecule has 0 aromatic heterocycles. The molecular weight excluding hydrogens is 242 g/mol. The first-order valence-corrected chi connectivity index (χ1v) is 6.56. The molecule has 0 aliphatic heterocycles. The molecule has 0 saturated heterocycles. The lowest BCUT2D eigenvalue weighted by molar-refractivity contribution is 0.0527. The fraction of sp³-hybridized carbons (Fsp3) is 0.533. The maximum Gasteiger partial charge on any atom is 0.407 e. The van der Waals surface area contributed by atoms with Gasteiger partial charge in [-0.1, -0.05) is 24.3 Å². The number of hydrogen-bond donors (Lipinski definition) is 2. The van der Waals surface area contributed by atoms with E-state index in [1.54, 1.807) is 0 Å². The van der Waals surface area contributed by atoms with Crippen LogP contribution in [0.15, 0.2) is 24.3 Å². The summed E-state index contributed by atoms with van der Waals surface area (Å²) in [6.45, 7) is 6.16. The van der Waals surface area contributed by atoms with E-state index in [2.05, 4.69) is 5.32 Å². The predicted molar refractivity (Wildman–Crippen MR) is 74.9 cm³/mol. The maximum atomic E-state index is 11.4. The topological polar surface area (TPSA) is 58.6 Å². The van der Waals surface area contributed by atoms with Crippen LogP contribution in [-0.4, -0.2) is 23.3 Å². The summed E-state index contributed by atoms with van der Waals surface area (Å²) in [5, 5.41) is 11.8. The van der Waals surface area contributed by atoms with Crippen LogP contribution in [0.1, 0.15) is 38.3 Å². The molecule has 0 atom stereocenters. The van der Waals surface area contributed by atoms with E-state index in [0.29, 0.717) is 6.54 Å². The zero-order valence-electron chi connectivity index (χ0n) is 11.9. The summed E-state index contributed by atoms with van der Waals surface area (Å²) in [5.74, 6) is 0. The number of ether oxygens (including phenoxy) is 1. The molecule has 1 rings (SSSR count). The third-order valence-corrected chi connectivity index (χ3v) is 2.48. The van der Waals surface area contributed by atoms with Gasteiger partial charge in [0.05, 0.1) is 6.61 Å². The second-order valence-electron chi connectivity index (χ2n) is 5.51. The van der Waals surface area contributed by atoms with Crippen molar-refractivity contribution in [1.29, 1.82) is 0 Å². The van der Waals surface area contributed by atoms with E-state index in [4.69, 9.17) is 9.84 Å². The Morgan fingerprint density at radius 3 is 2.63 bits per heavy atom. The Balaban J connectivity index is 2.25. The monoisotopic (exact) mass is 265 g/mol. The van der Waals surface area contributed by atoms with Gasteiger partial charge in [-0.25, -0.2) is 4.79 Å². The molecule has 0 unspecified atom stereocenters. The van der Waals surface area contributed by atoms with Crippen LogP contribution < -0.4 is 5.32 Å². The second-order valence-corrected chi connectivity index (χ2v) is 5.51. The van der Waals surface area contributed by atoms with E-state index >= 15 is 0 Å². The molecule has 0 fully saturated rings. The lowest BCUT2D eigenvalue weighted by Crippen LogP contribution is -2.33. The van der Waals surface area contributed by atoms with E-state index < -0.39 is 5.60 Å². The highest BCUT2D eigenvalue weighted by Gasteiger charge is 2.15. The molecule has 0 saturated carbocycles. The van der Waals surface area contributed by atoms with Crippen molar-refractivity contribution in [3.05, 3.63) is 35.4 Å². The Morgan fingerprint density at radius 2 is 2.00 bits per heavy atom. The van der Waals surface area contributed by atoms with Gasteiger partial charge in [-0.15, -0.1) is 0 Å². The smallest absolute Gasteiger partial charge is 0.407 e. The molecule has 0 aliphatic carbocycles. The van der Waals surface area contributed by atoms with Crippen molar-refractivity contribution in [2.75, 3.05) is 6.54 Å². The number of aliphatic hydroxyl groups excluding tert-OH is 1. The number of carbonyl (C=O) groups is 1. The molecule has 2 N–H and O–H groups in total. The predicted octanol–water partition coefficient (Wildman–Crippen LogP) is 2.64. The Hall–Kier alpha value is -1.55. The molecule has 0 bridgehead atoms. The summed E-state index contributed by atoms with van der Waals surface area (Å²) in [4.78, 5) is 11.4. The van der Waals surface area contributed by atoms with Gasteiger partial charge < -0.3 is 15.2 Å². The van der Waals surface area contributed by atoms with E-state index in [-0.39, 0.29) is 12.7 Å². The van der Waals surface area contributed by atoms with Crippen molar-refractivity contribution in [2.45, 2.75) is 45.8 Å². The fourth-order valence-corrected chi connectivity index (χ4v) is 1.68. The molecule has 4 heteroatoms. The van der Waals surface area contributed by atoms with Crippen LogP contribution >= 0.6 is 0 Å². The molecule has 1 amide bonds. The minimum Gasteiger partial charge on any atom is -0.444 e. The molecule has 19 heavy (non-hydrogen) atoms. The third-order valence-electron chi connectivity index (χ3n) is 2.48. The van der Waals surface area contributed by atoms with E-state index in [1.165, 1.54) is 0 Å². The largest absolute Gasteiger partial charge is 0.444 e. The number of aliphatic hydroxyl groups is 1. The van der Waals surface area contributed by atoms with Gasteiger partial charge in [-0.05, 0) is 44.7 Å². The van der Waals surface area contributed by atoms with Crippen LogP contribution in [0.5, 0.6) is 0 Å². The number of hydrogen-bond acceptors (Lipinski definition) is 3. The van der Waals surface area contributed by atoms with Gasteiger partial charge in [-0.2, -0.15) is 0 Å². The summed E-state index contributed by atoms with van der Waals surface area (Å²) in [7, 11) is 0. The van der Waals surface area contributed by atoms with Crippen molar-refractivity contribution in [2.24, 2.45) is 0 Å². The van der Waals surface area contributed by atoms with Crippen LogP contribution in [0.2, 0.25) is 0 Å². The molecule has 1 aromatic rings. The average Bonchev–Trinajstić information content (AvgIpc) is 2.33. The molecule has 1 aromatic carbocycles. The highest BCUT2D eigenvalue weighted by molar-refractivity contribution is 5.67. The number of alkyl carbamates (subject to hydrolysis) is 1. The van der Waals surface area contributed by atoms with Gasteiger partial charge in [-0.3, -0.25) is 0 Å². The third kappa shape index (κ3) is 6.82. The first-order chi connectivity index (χ1) is 8.90. The van der Waals surface area contributed by atoms with Gasteiger partial charge in [0.1, 0.15) is 5.60 Å². The van der Waals surface area contributed by atoms with Gasteiger partial charge in [0, 0.05) is 6.54 Å². The summed E-state index contributed by atoms with van der Waals surface area (Å²) < 4.78 is 5.14. The number of rotatable bonds is 5. The van der Waals surface area contributed by atoms with E-state index in [0.717, 1.165) is 24.0 Å². The van der Waals surface area contributed by atoms with Crippen LogP contribution in [-0.2, 0) is 17.8 Å². The Morgan fingerprint density at radius 1 is 1.32 bits per heavy atom. The lowest BCUT2D eigenvalue weighted by atomic mass is 10.1. The van der Waals surface area contributed by atoms with Crippen LogP contribution in [0.25, 0.3) is 0 Å². The normalized spacial score (nSPS) is 11.2. The molecular formula is C15H23NO3. The van der Waals surface area contributed by atoms with Crippen molar-refractivity contribution >= 4 is 6.09 Å². The number of amides is 1. The first kappa shape index (κ1) is 15.5. The number of benzene rings is 1. The molecule has 0 heterocycles. The fourth-order valence-electron chi connectivity index (χ4n) is 1.68. The zero-order chi connectivity index (χ0) is 14.3. The SMILES string of the molecule is CC(C)(C)OC(=O)NCCCc1cccc(CO)c1. The minimum atomic E-state index is -0.459. The Kier molecular flexibility index (Phi) is 5.83. The summed E-state index contributed by atoms with van der Waals surface area (Å²) >= 11 is 0. The summed E-state index contributed by atoms with van der Waals surface area (Å²) in [6, 6.07) is 7.82. The van der Waals surface area contributed by atoms with Crippen molar-refractivity contribution in [1.82, 2.24) is 5.32 Å². The highest BCUT2D eigenvalue weighted by Crippen LogP contribution is 2.08. The van der Waals surface area contributed by atoms with Crippen LogP contribution in [0.4, 0.5) is 4.79 Å². The average molecular weight is 265 g/mol. The van der Waals surface area contributed by atoms with Gasteiger partial charge in [0.2, 0.25) is 0 Å². The number of aryl methyl sites for hydroxylation is 1. The van der Waals surface area contributed by atoms with Gasteiger partial charge >= 0.3 is 6.09 Å². The quantitative estimate of drug-likeness (QED) is 0.805. The molecule has 0 aliphatic rings. The van der Waals surface area contributed by atoms with Crippen molar-refractivity contribution < 1.29 is 14.6 Å². The molecule has 106 valence electrons. The molecule has 4 nitrogen and oxygen atoms in total. The maximum absolute atomic E-state index is 11.4.